The summed E-state index contributed by atoms with van der Waals surface area (Å²) in [4.78, 5) is 8.38. The van der Waals surface area contributed by atoms with Crippen molar-refractivity contribution in [3.63, 3.8) is 0 Å². The summed E-state index contributed by atoms with van der Waals surface area (Å²) in [7, 11) is -2.54. The van der Waals surface area contributed by atoms with E-state index in [1.54, 1.807) is 0 Å². The summed E-state index contributed by atoms with van der Waals surface area (Å²) in [5.74, 6) is 0. The van der Waals surface area contributed by atoms with Crippen LogP contribution in [0.25, 0.3) is 0 Å². The smallest absolute Gasteiger partial charge is 0.349 e. The Kier molecular flexibility index (Phi) is 6.66. The summed E-state index contributed by atoms with van der Waals surface area (Å²) in [5.41, 5.74) is 0. The molecular weight excluding hydrogens is 167 g/mol. The van der Waals surface area contributed by atoms with Crippen molar-refractivity contribution >= 4 is 8.25 Å². The lowest BCUT2D eigenvalue weighted by Gasteiger charge is -2.07. The van der Waals surface area contributed by atoms with Crippen LogP contribution < -0.4 is 0 Å². The lowest BCUT2D eigenvalue weighted by Crippen LogP contribution is -2.13. The SMILES string of the molecule is CCCC(OCC)O[P+](=O)O. The van der Waals surface area contributed by atoms with E-state index in [1.165, 1.54) is 0 Å². The summed E-state index contributed by atoms with van der Waals surface area (Å²) < 4.78 is 19.8. The molecule has 4 nitrogen and oxygen atoms in total. The van der Waals surface area contributed by atoms with Crippen LogP contribution in [0.2, 0.25) is 0 Å². The zero-order valence-corrected chi connectivity index (χ0v) is 7.71. The first-order chi connectivity index (χ1) is 5.20. The first-order valence-corrected chi connectivity index (χ1v) is 4.78. The maximum atomic E-state index is 10.2. The third-order valence-corrected chi connectivity index (χ3v) is 1.50. The molecule has 1 N–H and O–H groups in total. The zero-order chi connectivity index (χ0) is 8.69. The third kappa shape index (κ3) is 6.38. The molecule has 0 bridgehead atoms. The van der Waals surface area contributed by atoms with Crippen LogP contribution in [0.1, 0.15) is 26.7 Å². The van der Waals surface area contributed by atoms with Gasteiger partial charge >= 0.3 is 8.25 Å². The summed E-state index contributed by atoms with van der Waals surface area (Å²) in [6.07, 6.45) is 0.988. The van der Waals surface area contributed by atoms with Gasteiger partial charge in [-0.2, -0.15) is 0 Å². The van der Waals surface area contributed by atoms with Gasteiger partial charge in [-0.05, 0) is 6.92 Å². The molecule has 0 fully saturated rings. The monoisotopic (exact) mass is 181 g/mol. The highest BCUT2D eigenvalue weighted by atomic mass is 31.1. The highest BCUT2D eigenvalue weighted by molar-refractivity contribution is 7.32. The normalized spacial score (nSPS) is 14.6. The van der Waals surface area contributed by atoms with Gasteiger partial charge in [-0.1, -0.05) is 17.9 Å². The maximum Gasteiger partial charge on any atom is 0.697 e. The molecular formula is C6H14O4P+. The van der Waals surface area contributed by atoms with Crippen molar-refractivity contribution in [2.75, 3.05) is 6.61 Å². The second kappa shape index (κ2) is 6.68. The van der Waals surface area contributed by atoms with Gasteiger partial charge in [-0.3, -0.25) is 0 Å². The van der Waals surface area contributed by atoms with E-state index in [-0.39, 0.29) is 0 Å². The molecule has 0 spiro atoms. The van der Waals surface area contributed by atoms with Crippen LogP contribution in [-0.4, -0.2) is 17.8 Å². The molecule has 0 rings (SSSR count). The standard InChI is InChI=1S/C6H13O4P/c1-3-5-6(9-4-2)10-11(7)8/h6H,3-5H2,1-2H3/p+1. The Morgan fingerprint density at radius 3 is 2.55 bits per heavy atom. The minimum absolute atomic E-state index is 0.494. The highest BCUT2D eigenvalue weighted by Gasteiger charge is 2.21. The molecule has 0 aliphatic heterocycles. The second-order valence-electron chi connectivity index (χ2n) is 2.02. The fraction of sp³-hybridized carbons (Fsp3) is 1.00. The van der Waals surface area contributed by atoms with E-state index < -0.39 is 14.5 Å². The minimum Gasteiger partial charge on any atom is -0.349 e. The molecule has 66 valence electrons. The molecule has 0 aliphatic rings. The Morgan fingerprint density at radius 2 is 2.18 bits per heavy atom. The van der Waals surface area contributed by atoms with Gasteiger partial charge in [0.1, 0.15) is 0 Å². The molecule has 0 amide bonds. The van der Waals surface area contributed by atoms with Gasteiger partial charge in [0.15, 0.2) is 0 Å². The average Bonchev–Trinajstić information content (AvgIpc) is 1.87. The first kappa shape index (κ1) is 11.0. The Bertz CT molecular complexity index is 111. The topological polar surface area (TPSA) is 55.8 Å². The van der Waals surface area contributed by atoms with Crippen molar-refractivity contribution in [2.24, 2.45) is 0 Å². The van der Waals surface area contributed by atoms with Crippen molar-refractivity contribution < 1.29 is 18.7 Å². The van der Waals surface area contributed by atoms with Crippen molar-refractivity contribution in [1.82, 2.24) is 0 Å². The molecule has 0 heterocycles. The molecule has 0 radical (unpaired) electrons. The van der Waals surface area contributed by atoms with E-state index in [2.05, 4.69) is 4.52 Å². The van der Waals surface area contributed by atoms with Gasteiger partial charge in [-0.15, -0.1) is 4.89 Å². The minimum atomic E-state index is -2.54. The van der Waals surface area contributed by atoms with Crippen LogP contribution in [0, 0.1) is 0 Å². The zero-order valence-electron chi connectivity index (χ0n) is 6.82. The Labute approximate surface area is 67.5 Å². The average molecular weight is 181 g/mol. The van der Waals surface area contributed by atoms with Crippen molar-refractivity contribution in [3.8, 4) is 0 Å². The number of rotatable bonds is 6. The summed E-state index contributed by atoms with van der Waals surface area (Å²) in [6, 6.07) is 0. The number of hydrogen-bond donors (Lipinski definition) is 1. The highest BCUT2D eigenvalue weighted by Crippen LogP contribution is 2.21. The number of ether oxygens (including phenoxy) is 1. The molecule has 0 aromatic carbocycles. The predicted octanol–water partition coefficient (Wildman–Crippen LogP) is 1.82. The van der Waals surface area contributed by atoms with Crippen LogP contribution in [0.3, 0.4) is 0 Å². The Hall–Kier alpha value is -0.0200. The molecule has 0 aromatic rings. The second-order valence-corrected chi connectivity index (χ2v) is 2.70. The molecule has 2 atom stereocenters. The molecule has 5 heteroatoms. The van der Waals surface area contributed by atoms with E-state index in [0.717, 1.165) is 6.42 Å². The molecule has 0 aromatic heterocycles. The Balaban J connectivity index is 3.59. The van der Waals surface area contributed by atoms with E-state index >= 15 is 0 Å². The van der Waals surface area contributed by atoms with E-state index in [1.807, 2.05) is 13.8 Å². The van der Waals surface area contributed by atoms with Gasteiger partial charge in [0.2, 0.25) is 6.29 Å². The van der Waals surface area contributed by atoms with E-state index in [9.17, 15) is 4.57 Å². The van der Waals surface area contributed by atoms with Crippen molar-refractivity contribution in [1.29, 1.82) is 0 Å². The van der Waals surface area contributed by atoms with Crippen LogP contribution in [0.5, 0.6) is 0 Å². The fourth-order valence-electron chi connectivity index (χ4n) is 0.689. The van der Waals surface area contributed by atoms with Crippen LogP contribution in [-0.2, 0) is 13.8 Å². The number of hydrogen-bond acceptors (Lipinski definition) is 3. The lowest BCUT2D eigenvalue weighted by molar-refractivity contribution is -0.0804. The molecule has 2 unspecified atom stereocenters. The van der Waals surface area contributed by atoms with Crippen molar-refractivity contribution in [2.45, 2.75) is 33.0 Å². The van der Waals surface area contributed by atoms with Gasteiger partial charge < -0.3 is 4.74 Å². The maximum absolute atomic E-state index is 10.2. The van der Waals surface area contributed by atoms with Gasteiger partial charge in [0.25, 0.3) is 0 Å². The van der Waals surface area contributed by atoms with Crippen LogP contribution in [0.4, 0.5) is 0 Å². The molecule has 0 saturated heterocycles. The van der Waals surface area contributed by atoms with Gasteiger partial charge in [0, 0.05) is 17.6 Å². The predicted molar refractivity (Wildman–Crippen MR) is 41.2 cm³/mol. The molecule has 0 saturated carbocycles. The van der Waals surface area contributed by atoms with Crippen molar-refractivity contribution in [3.05, 3.63) is 0 Å². The lowest BCUT2D eigenvalue weighted by atomic mass is 10.3. The van der Waals surface area contributed by atoms with Gasteiger partial charge in [0.05, 0.1) is 0 Å². The molecule has 11 heavy (non-hydrogen) atoms. The quantitative estimate of drug-likeness (QED) is 0.501. The molecule has 0 aliphatic carbocycles. The van der Waals surface area contributed by atoms with Crippen LogP contribution >= 0.6 is 8.25 Å². The van der Waals surface area contributed by atoms with E-state index in [0.29, 0.717) is 13.0 Å². The van der Waals surface area contributed by atoms with Crippen LogP contribution in [0.15, 0.2) is 0 Å². The largest absolute Gasteiger partial charge is 0.697 e. The first-order valence-electron chi connectivity index (χ1n) is 3.65. The summed E-state index contributed by atoms with van der Waals surface area (Å²) in [6.45, 7) is 4.27. The van der Waals surface area contributed by atoms with E-state index in [4.69, 9.17) is 9.63 Å². The summed E-state index contributed by atoms with van der Waals surface area (Å²) in [5, 5.41) is 0. The third-order valence-electron chi connectivity index (χ3n) is 1.08. The van der Waals surface area contributed by atoms with Gasteiger partial charge in [-0.25, -0.2) is 0 Å². The summed E-state index contributed by atoms with van der Waals surface area (Å²) >= 11 is 0. The fourth-order valence-corrected chi connectivity index (χ4v) is 1.06. The Morgan fingerprint density at radius 1 is 1.55 bits per heavy atom.